The Hall–Kier alpha value is -1.05. The second-order valence-electron chi connectivity index (χ2n) is 6.14. The molecule has 2 rings (SSSR count). The van der Waals surface area contributed by atoms with E-state index in [0.29, 0.717) is 18.7 Å². The van der Waals surface area contributed by atoms with E-state index in [9.17, 15) is 30.4 Å². The molecule has 0 bridgehead atoms. The van der Waals surface area contributed by atoms with Gasteiger partial charge in [0.2, 0.25) is 5.88 Å². The predicted octanol–water partition coefficient (Wildman–Crippen LogP) is 4.05. The average Bonchev–Trinajstić information content (AvgIpc) is 2.55. The molecule has 0 aliphatic heterocycles. The van der Waals surface area contributed by atoms with Crippen LogP contribution in [0.4, 0.5) is 22.0 Å². The SMILES string of the molecule is O=S(=O)(OCC(F)(F)CCCO[C@H]1C[C@H](Oc2ccc(Br)cn2)C1)C(F)(F)F. The van der Waals surface area contributed by atoms with Crippen LogP contribution in [0, 0.1) is 0 Å². The zero-order valence-electron chi connectivity index (χ0n) is 14.3. The van der Waals surface area contributed by atoms with E-state index in [1.807, 2.05) is 0 Å². The normalized spacial score (nSPS) is 20.6. The highest BCUT2D eigenvalue weighted by Crippen LogP contribution is 2.30. The number of pyridine rings is 1. The van der Waals surface area contributed by atoms with Crippen molar-refractivity contribution >= 4 is 26.0 Å². The number of alkyl halides is 5. The van der Waals surface area contributed by atoms with Crippen molar-refractivity contribution in [2.75, 3.05) is 13.2 Å². The second kappa shape index (κ2) is 9.18. The standard InChI is InChI=1S/C15H17BrF5NO5S/c16-10-2-3-13(22-8-10)27-12-6-11(7-12)25-5-1-4-14(17,18)9-26-28(23,24)15(19,20)21/h2-3,8,11-12H,1,4-7,9H2/t11-,12-. The van der Waals surface area contributed by atoms with Gasteiger partial charge in [-0.2, -0.15) is 21.6 Å². The summed E-state index contributed by atoms with van der Waals surface area (Å²) in [5.41, 5.74) is -5.74. The average molecular weight is 498 g/mol. The first-order valence-corrected chi connectivity index (χ1v) is 10.3. The number of ether oxygens (including phenoxy) is 2. The van der Waals surface area contributed by atoms with Gasteiger partial charge in [0.1, 0.15) is 12.7 Å². The molecule has 1 aromatic rings. The summed E-state index contributed by atoms with van der Waals surface area (Å²) in [6.45, 7) is -1.91. The monoisotopic (exact) mass is 497 g/mol. The molecule has 0 atom stereocenters. The molecule has 0 amide bonds. The minimum Gasteiger partial charge on any atom is -0.474 e. The van der Waals surface area contributed by atoms with Crippen LogP contribution in [0.2, 0.25) is 0 Å². The van der Waals surface area contributed by atoms with Crippen LogP contribution in [0.25, 0.3) is 0 Å². The van der Waals surface area contributed by atoms with E-state index < -0.39 is 34.6 Å². The summed E-state index contributed by atoms with van der Waals surface area (Å²) >= 11 is 3.25. The van der Waals surface area contributed by atoms with Crippen molar-refractivity contribution in [3.63, 3.8) is 0 Å². The van der Waals surface area contributed by atoms with Crippen LogP contribution >= 0.6 is 15.9 Å². The van der Waals surface area contributed by atoms with Gasteiger partial charge in [0.15, 0.2) is 0 Å². The molecular weight excluding hydrogens is 481 g/mol. The number of nitrogens with zero attached hydrogens (tertiary/aromatic N) is 1. The van der Waals surface area contributed by atoms with E-state index in [1.165, 1.54) is 0 Å². The number of halogens is 6. The van der Waals surface area contributed by atoms with Crippen molar-refractivity contribution in [2.45, 2.75) is 49.3 Å². The fourth-order valence-electron chi connectivity index (χ4n) is 2.24. The topological polar surface area (TPSA) is 74.7 Å². The number of rotatable bonds is 10. The van der Waals surface area contributed by atoms with Crippen LogP contribution in [0.1, 0.15) is 25.7 Å². The lowest BCUT2D eigenvalue weighted by Crippen LogP contribution is -2.40. The molecule has 0 unspecified atom stereocenters. The molecular formula is C15H17BrF5NO5S. The summed E-state index contributed by atoms with van der Waals surface area (Å²) in [6.07, 6.45) is 1.40. The number of aromatic nitrogens is 1. The van der Waals surface area contributed by atoms with Gasteiger partial charge in [0.05, 0.1) is 6.10 Å². The van der Waals surface area contributed by atoms with Gasteiger partial charge in [0, 0.05) is 42.6 Å². The molecule has 0 aromatic carbocycles. The Morgan fingerprint density at radius 2 is 1.82 bits per heavy atom. The minimum atomic E-state index is -6.04. The molecule has 6 nitrogen and oxygen atoms in total. The minimum absolute atomic E-state index is 0.0461. The Kier molecular flexibility index (Phi) is 7.62. The summed E-state index contributed by atoms with van der Waals surface area (Å²) in [7, 11) is -6.04. The van der Waals surface area contributed by atoms with Crippen LogP contribution in [-0.4, -0.2) is 50.3 Å². The molecule has 13 heteroatoms. The van der Waals surface area contributed by atoms with Gasteiger partial charge in [-0.15, -0.1) is 0 Å². The lowest BCUT2D eigenvalue weighted by molar-refractivity contribution is -0.0865. The maximum atomic E-state index is 13.5. The van der Waals surface area contributed by atoms with Crippen LogP contribution in [0.5, 0.6) is 5.88 Å². The zero-order valence-corrected chi connectivity index (χ0v) is 16.7. The van der Waals surface area contributed by atoms with E-state index in [1.54, 1.807) is 18.3 Å². The van der Waals surface area contributed by atoms with Crippen molar-refractivity contribution in [1.82, 2.24) is 4.98 Å². The highest BCUT2D eigenvalue weighted by Gasteiger charge is 2.49. The maximum absolute atomic E-state index is 13.5. The van der Waals surface area contributed by atoms with Crippen molar-refractivity contribution in [3.8, 4) is 5.88 Å². The molecule has 0 saturated heterocycles. The van der Waals surface area contributed by atoms with Crippen LogP contribution in [0.15, 0.2) is 22.8 Å². The molecule has 1 aromatic heterocycles. The van der Waals surface area contributed by atoms with E-state index in [0.717, 1.165) is 4.47 Å². The molecule has 1 heterocycles. The maximum Gasteiger partial charge on any atom is 0.523 e. The molecule has 1 aliphatic carbocycles. The first-order chi connectivity index (χ1) is 12.9. The lowest BCUT2D eigenvalue weighted by atomic mass is 9.92. The van der Waals surface area contributed by atoms with Crippen molar-refractivity contribution in [2.24, 2.45) is 0 Å². The van der Waals surface area contributed by atoms with Crippen LogP contribution < -0.4 is 4.74 Å². The fraction of sp³-hybridized carbons (Fsp3) is 0.667. The molecule has 0 radical (unpaired) electrons. The van der Waals surface area contributed by atoms with Crippen molar-refractivity contribution < 1.29 is 44.0 Å². The number of hydrogen-bond donors (Lipinski definition) is 0. The Bertz CT molecular complexity index is 738. The Balaban J connectivity index is 1.59. The summed E-state index contributed by atoms with van der Waals surface area (Å²) in [6, 6.07) is 3.47. The molecule has 160 valence electrons. The third kappa shape index (κ3) is 7.08. The van der Waals surface area contributed by atoms with Gasteiger partial charge in [-0.3, -0.25) is 4.18 Å². The quantitative estimate of drug-likeness (QED) is 0.210. The smallest absolute Gasteiger partial charge is 0.474 e. The molecule has 1 fully saturated rings. The summed E-state index contributed by atoms with van der Waals surface area (Å²) < 4.78 is 99.4. The first kappa shape index (κ1) is 23.2. The predicted molar refractivity (Wildman–Crippen MR) is 90.4 cm³/mol. The van der Waals surface area contributed by atoms with Crippen molar-refractivity contribution in [3.05, 3.63) is 22.8 Å². The zero-order chi connectivity index (χ0) is 21.0. The number of hydrogen-bond acceptors (Lipinski definition) is 6. The van der Waals surface area contributed by atoms with Gasteiger partial charge in [-0.1, -0.05) is 0 Å². The van der Waals surface area contributed by atoms with Crippen LogP contribution in [0.3, 0.4) is 0 Å². The summed E-state index contributed by atoms with van der Waals surface area (Å²) in [5, 5.41) is 0. The molecule has 28 heavy (non-hydrogen) atoms. The Morgan fingerprint density at radius 3 is 2.39 bits per heavy atom. The van der Waals surface area contributed by atoms with Crippen molar-refractivity contribution in [1.29, 1.82) is 0 Å². The van der Waals surface area contributed by atoms with Gasteiger partial charge >= 0.3 is 15.6 Å². The largest absolute Gasteiger partial charge is 0.523 e. The van der Waals surface area contributed by atoms with Gasteiger partial charge in [0.25, 0.3) is 5.92 Å². The Morgan fingerprint density at radius 1 is 1.14 bits per heavy atom. The van der Waals surface area contributed by atoms with E-state index in [4.69, 9.17) is 9.47 Å². The first-order valence-electron chi connectivity index (χ1n) is 8.11. The van der Waals surface area contributed by atoms with E-state index in [2.05, 4.69) is 25.1 Å². The lowest BCUT2D eigenvalue weighted by Gasteiger charge is -2.34. The van der Waals surface area contributed by atoms with Gasteiger partial charge in [-0.05, 0) is 28.4 Å². The van der Waals surface area contributed by atoms with Crippen LogP contribution in [-0.2, 0) is 19.0 Å². The fourth-order valence-corrected chi connectivity index (χ4v) is 2.93. The second-order valence-corrected chi connectivity index (χ2v) is 8.66. The third-order valence-corrected chi connectivity index (χ3v) is 5.25. The Labute approximate surface area is 166 Å². The summed E-state index contributed by atoms with van der Waals surface area (Å²) in [5.74, 6) is -3.26. The van der Waals surface area contributed by atoms with E-state index in [-0.39, 0.29) is 25.2 Å². The highest BCUT2D eigenvalue weighted by atomic mass is 79.9. The summed E-state index contributed by atoms with van der Waals surface area (Å²) in [4.78, 5) is 4.06. The third-order valence-electron chi connectivity index (χ3n) is 3.79. The highest BCUT2D eigenvalue weighted by molar-refractivity contribution is 9.10. The van der Waals surface area contributed by atoms with Gasteiger partial charge < -0.3 is 9.47 Å². The molecule has 0 N–H and O–H groups in total. The molecule has 0 spiro atoms. The van der Waals surface area contributed by atoms with Gasteiger partial charge in [-0.25, -0.2) is 13.8 Å². The van der Waals surface area contributed by atoms with E-state index >= 15 is 0 Å². The molecule has 1 aliphatic rings. The molecule has 1 saturated carbocycles.